The van der Waals surface area contributed by atoms with Crippen LogP contribution in [-0.4, -0.2) is 19.7 Å². The van der Waals surface area contributed by atoms with Crippen LogP contribution in [-0.2, 0) is 13.0 Å². The van der Waals surface area contributed by atoms with Gasteiger partial charge in [0.05, 0.1) is 18.0 Å². The van der Waals surface area contributed by atoms with Gasteiger partial charge >= 0.3 is 0 Å². The van der Waals surface area contributed by atoms with Gasteiger partial charge in [0.1, 0.15) is 5.01 Å². The minimum Gasteiger partial charge on any atom is -0.390 e. The van der Waals surface area contributed by atoms with Gasteiger partial charge in [-0.05, 0) is 13.3 Å². The Kier molecular flexibility index (Phi) is 3.02. The Labute approximate surface area is 92.6 Å². The van der Waals surface area contributed by atoms with Crippen molar-refractivity contribution in [3.05, 3.63) is 16.4 Å². The van der Waals surface area contributed by atoms with Crippen molar-refractivity contribution in [3.8, 4) is 0 Å². The van der Waals surface area contributed by atoms with Crippen molar-refractivity contribution in [1.82, 2.24) is 14.6 Å². The molecule has 0 saturated carbocycles. The fourth-order valence-corrected chi connectivity index (χ4v) is 2.54. The maximum Gasteiger partial charge on any atom is 0.212 e. The number of aromatic nitrogens is 3. The van der Waals surface area contributed by atoms with Gasteiger partial charge in [-0.2, -0.15) is 5.10 Å². The van der Waals surface area contributed by atoms with E-state index in [9.17, 15) is 5.11 Å². The fraction of sp³-hybridized carbons (Fsp3) is 0.600. The van der Waals surface area contributed by atoms with E-state index in [4.69, 9.17) is 0 Å². The monoisotopic (exact) mass is 225 g/mol. The molecule has 2 heterocycles. The van der Waals surface area contributed by atoms with E-state index in [-0.39, 0.29) is 6.61 Å². The molecule has 82 valence electrons. The predicted molar refractivity (Wildman–Crippen MR) is 60.1 cm³/mol. The Morgan fingerprint density at radius 2 is 2.27 bits per heavy atom. The Bertz CT molecular complexity index is 460. The van der Waals surface area contributed by atoms with Gasteiger partial charge < -0.3 is 5.11 Å². The van der Waals surface area contributed by atoms with Gasteiger partial charge in [-0.3, -0.25) is 0 Å². The number of hydrogen-bond donors (Lipinski definition) is 1. The first kappa shape index (κ1) is 10.6. The Hall–Kier alpha value is -0.940. The average molecular weight is 225 g/mol. The number of fused-ring (bicyclic) bond motifs is 1. The van der Waals surface area contributed by atoms with E-state index in [1.807, 2.05) is 6.92 Å². The molecule has 0 unspecified atom stereocenters. The van der Waals surface area contributed by atoms with Crippen molar-refractivity contribution in [2.24, 2.45) is 0 Å². The van der Waals surface area contributed by atoms with E-state index < -0.39 is 0 Å². The summed E-state index contributed by atoms with van der Waals surface area (Å²) in [6, 6.07) is 0. The summed E-state index contributed by atoms with van der Waals surface area (Å²) in [5.74, 6) is 0. The van der Waals surface area contributed by atoms with E-state index >= 15 is 0 Å². The van der Waals surface area contributed by atoms with Crippen molar-refractivity contribution in [2.75, 3.05) is 0 Å². The summed E-state index contributed by atoms with van der Waals surface area (Å²) < 4.78 is 1.77. The van der Waals surface area contributed by atoms with Crippen molar-refractivity contribution in [3.63, 3.8) is 0 Å². The second-order valence-electron chi connectivity index (χ2n) is 3.60. The highest BCUT2D eigenvalue weighted by molar-refractivity contribution is 7.16. The first-order chi connectivity index (χ1) is 7.26. The first-order valence-corrected chi connectivity index (χ1v) is 6.02. The van der Waals surface area contributed by atoms with E-state index in [2.05, 4.69) is 17.0 Å². The van der Waals surface area contributed by atoms with Gasteiger partial charge in [-0.25, -0.2) is 9.50 Å². The predicted octanol–water partition coefficient (Wildman–Crippen LogP) is 1.93. The molecule has 0 aromatic carbocycles. The zero-order valence-electron chi connectivity index (χ0n) is 9.03. The second kappa shape index (κ2) is 4.28. The van der Waals surface area contributed by atoms with Crippen LogP contribution in [0, 0.1) is 6.92 Å². The number of aryl methyl sites for hydroxylation is 2. The Morgan fingerprint density at radius 3 is 2.93 bits per heavy atom. The average Bonchev–Trinajstić information content (AvgIpc) is 2.70. The molecule has 5 heteroatoms. The number of nitrogens with zero attached hydrogens (tertiary/aromatic N) is 3. The van der Waals surface area contributed by atoms with Gasteiger partial charge in [0.15, 0.2) is 0 Å². The molecule has 2 rings (SSSR count). The fourth-order valence-electron chi connectivity index (χ4n) is 1.54. The number of aliphatic hydroxyl groups is 1. The van der Waals surface area contributed by atoms with Crippen LogP contribution in [0.15, 0.2) is 0 Å². The van der Waals surface area contributed by atoms with Gasteiger partial charge in [0.2, 0.25) is 4.96 Å². The molecule has 0 amide bonds. The summed E-state index contributed by atoms with van der Waals surface area (Å²) in [5.41, 5.74) is 1.68. The molecular weight excluding hydrogens is 210 g/mol. The van der Waals surface area contributed by atoms with Crippen molar-refractivity contribution in [2.45, 2.75) is 39.7 Å². The molecule has 0 aliphatic rings. The summed E-state index contributed by atoms with van der Waals surface area (Å²) >= 11 is 1.62. The van der Waals surface area contributed by atoms with Crippen LogP contribution in [0.2, 0.25) is 0 Å². The topological polar surface area (TPSA) is 50.4 Å². The van der Waals surface area contributed by atoms with Crippen LogP contribution >= 0.6 is 11.3 Å². The van der Waals surface area contributed by atoms with Gasteiger partial charge in [-0.15, -0.1) is 0 Å². The molecule has 0 radical (unpaired) electrons. The molecule has 0 spiro atoms. The molecule has 4 nitrogen and oxygen atoms in total. The highest BCUT2D eigenvalue weighted by Gasteiger charge is 2.12. The normalized spacial score (nSPS) is 11.4. The molecule has 0 aliphatic carbocycles. The number of hydrogen-bond acceptors (Lipinski definition) is 4. The van der Waals surface area contributed by atoms with E-state index in [0.29, 0.717) is 0 Å². The molecular formula is C10H15N3OS. The molecule has 0 aliphatic heterocycles. The third kappa shape index (κ3) is 1.89. The van der Waals surface area contributed by atoms with E-state index in [1.54, 1.807) is 15.9 Å². The lowest BCUT2D eigenvalue weighted by Crippen LogP contribution is -1.96. The van der Waals surface area contributed by atoms with Crippen LogP contribution in [0.4, 0.5) is 0 Å². The van der Waals surface area contributed by atoms with E-state index in [0.717, 1.165) is 34.2 Å². The molecule has 15 heavy (non-hydrogen) atoms. The van der Waals surface area contributed by atoms with Crippen LogP contribution in [0.5, 0.6) is 0 Å². The number of imidazole rings is 1. The standard InChI is InChI=1S/C10H15N3OS/c1-3-4-5-9-12-13-8(6-14)7(2)11-10(13)15-9/h14H,3-6H2,1-2H3. The van der Waals surface area contributed by atoms with Gasteiger partial charge in [0.25, 0.3) is 0 Å². The zero-order valence-corrected chi connectivity index (χ0v) is 9.84. The molecule has 0 saturated heterocycles. The molecule has 0 bridgehead atoms. The minimum absolute atomic E-state index is 0.00392. The molecule has 2 aromatic rings. The number of rotatable bonds is 4. The summed E-state index contributed by atoms with van der Waals surface area (Å²) in [5, 5.41) is 14.8. The molecule has 0 atom stereocenters. The first-order valence-electron chi connectivity index (χ1n) is 5.21. The lowest BCUT2D eigenvalue weighted by Gasteiger charge is -1.93. The summed E-state index contributed by atoms with van der Waals surface area (Å²) in [4.78, 5) is 5.26. The quantitative estimate of drug-likeness (QED) is 0.865. The minimum atomic E-state index is 0.00392. The molecule has 0 fully saturated rings. The van der Waals surface area contributed by atoms with E-state index in [1.165, 1.54) is 6.42 Å². The SMILES string of the molecule is CCCCc1nn2c(CO)c(C)nc2s1. The third-order valence-corrected chi connectivity index (χ3v) is 3.40. The van der Waals surface area contributed by atoms with Crippen LogP contribution in [0.1, 0.15) is 36.2 Å². The second-order valence-corrected chi connectivity index (χ2v) is 4.64. The van der Waals surface area contributed by atoms with Crippen LogP contribution in [0.3, 0.4) is 0 Å². The van der Waals surface area contributed by atoms with Crippen molar-refractivity contribution in [1.29, 1.82) is 0 Å². The van der Waals surface area contributed by atoms with Gasteiger partial charge in [0, 0.05) is 6.42 Å². The highest BCUT2D eigenvalue weighted by atomic mass is 32.1. The van der Waals surface area contributed by atoms with Crippen LogP contribution in [0.25, 0.3) is 4.96 Å². The highest BCUT2D eigenvalue weighted by Crippen LogP contribution is 2.19. The van der Waals surface area contributed by atoms with Crippen molar-refractivity contribution < 1.29 is 5.11 Å². The summed E-state index contributed by atoms with van der Waals surface area (Å²) in [6.45, 7) is 4.07. The summed E-state index contributed by atoms with van der Waals surface area (Å²) in [6.07, 6.45) is 3.34. The van der Waals surface area contributed by atoms with Crippen LogP contribution < -0.4 is 0 Å². The zero-order chi connectivity index (χ0) is 10.8. The lowest BCUT2D eigenvalue weighted by atomic mass is 10.3. The number of unbranched alkanes of at least 4 members (excludes halogenated alkanes) is 1. The Balaban J connectivity index is 2.35. The molecule has 2 aromatic heterocycles. The van der Waals surface area contributed by atoms with Gasteiger partial charge in [-0.1, -0.05) is 24.7 Å². The number of aliphatic hydroxyl groups excluding tert-OH is 1. The largest absolute Gasteiger partial charge is 0.390 e. The maximum atomic E-state index is 9.19. The smallest absolute Gasteiger partial charge is 0.212 e. The molecule has 1 N–H and O–H groups in total. The third-order valence-electron chi connectivity index (χ3n) is 2.43. The summed E-state index contributed by atoms with van der Waals surface area (Å²) in [7, 11) is 0. The Morgan fingerprint density at radius 1 is 1.47 bits per heavy atom. The lowest BCUT2D eigenvalue weighted by molar-refractivity contribution is 0.273. The maximum absolute atomic E-state index is 9.19. The van der Waals surface area contributed by atoms with Crippen molar-refractivity contribution >= 4 is 16.3 Å².